The molecule has 0 bridgehead atoms. The third-order valence-corrected chi connectivity index (χ3v) is 2.45. The van der Waals surface area contributed by atoms with Gasteiger partial charge in [0.1, 0.15) is 5.75 Å². The molecule has 2 rings (SSSR count). The van der Waals surface area contributed by atoms with Gasteiger partial charge in [-0.15, -0.1) is 0 Å². The van der Waals surface area contributed by atoms with E-state index in [9.17, 15) is 0 Å². The summed E-state index contributed by atoms with van der Waals surface area (Å²) in [6.07, 6.45) is 0. The van der Waals surface area contributed by atoms with Gasteiger partial charge < -0.3 is 15.8 Å². The predicted octanol–water partition coefficient (Wildman–Crippen LogP) is 3.23. The second kappa shape index (κ2) is 6.44. The molecule has 4 heteroatoms. The summed E-state index contributed by atoms with van der Waals surface area (Å²) < 4.78 is 5.82. The van der Waals surface area contributed by atoms with Crippen molar-refractivity contribution in [1.29, 1.82) is 0 Å². The molecule has 0 atom stereocenters. The van der Waals surface area contributed by atoms with Crippen LogP contribution in [0.5, 0.6) is 11.5 Å². The molecule has 0 heterocycles. The fourth-order valence-corrected chi connectivity index (χ4v) is 1.62. The van der Waals surface area contributed by atoms with Gasteiger partial charge in [0.05, 0.1) is 5.69 Å². The monoisotopic (exact) mass is 255 g/mol. The summed E-state index contributed by atoms with van der Waals surface area (Å²) in [4.78, 5) is 4.10. The van der Waals surface area contributed by atoms with Crippen molar-refractivity contribution in [2.45, 2.75) is 6.92 Å². The number of para-hydroxylation sites is 3. The molecule has 0 amide bonds. The lowest BCUT2D eigenvalue weighted by Crippen LogP contribution is -2.22. The first-order chi connectivity index (χ1) is 9.29. The molecule has 0 spiro atoms. The van der Waals surface area contributed by atoms with Crippen LogP contribution < -0.4 is 15.8 Å². The Morgan fingerprint density at radius 1 is 1.11 bits per heavy atom. The van der Waals surface area contributed by atoms with E-state index in [-0.39, 0.29) is 0 Å². The first kappa shape index (κ1) is 13.0. The molecule has 0 aromatic heterocycles. The van der Waals surface area contributed by atoms with Crippen LogP contribution in [0.3, 0.4) is 0 Å². The highest BCUT2D eigenvalue weighted by Crippen LogP contribution is 2.28. The molecule has 0 saturated carbocycles. The number of nitrogens with zero attached hydrogens (tertiary/aromatic N) is 1. The SMILES string of the molecule is CCN=C(N)Nc1ccccc1Oc1ccccc1. The van der Waals surface area contributed by atoms with E-state index in [1.165, 1.54) is 0 Å². The lowest BCUT2D eigenvalue weighted by atomic mass is 10.3. The zero-order chi connectivity index (χ0) is 13.5. The summed E-state index contributed by atoms with van der Waals surface area (Å²) in [5.41, 5.74) is 6.55. The van der Waals surface area contributed by atoms with Gasteiger partial charge in [-0.2, -0.15) is 0 Å². The van der Waals surface area contributed by atoms with Gasteiger partial charge in [-0.3, -0.25) is 4.99 Å². The number of nitrogens with one attached hydrogen (secondary N) is 1. The molecule has 0 aliphatic heterocycles. The average molecular weight is 255 g/mol. The van der Waals surface area contributed by atoms with Gasteiger partial charge in [0, 0.05) is 6.54 Å². The van der Waals surface area contributed by atoms with Crippen LogP contribution in [0.1, 0.15) is 6.92 Å². The maximum Gasteiger partial charge on any atom is 0.193 e. The van der Waals surface area contributed by atoms with Crippen molar-refractivity contribution < 1.29 is 4.74 Å². The summed E-state index contributed by atoms with van der Waals surface area (Å²) in [5, 5.41) is 3.03. The number of benzene rings is 2. The second-order valence-electron chi connectivity index (χ2n) is 3.90. The van der Waals surface area contributed by atoms with E-state index in [1.54, 1.807) is 0 Å². The van der Waals surface area contributed by atoms with Crippen molar-refractivity contribution in [3.63, 3.8) is 0 Å². The summed E-state index contributed by atoms with van der Waals surface area (Å²) in [7, 11) is 0. The number of nitrogens with two attached hydrogens (primary N) is 1. The minimum atomic E-state index is 0.381. The molecule has 0 fully saturated rings. The highest BCUT2D eigenvalue weighted by atomic mass is 16.5. The number of ether oxygens (including phenoxy) is 1. The van der Waals surface area contributed by atoms with Gasteiger partial charge in [-0.1, -0.05) is 30.3 Å². The van der Waals surface area contributed by atoms with Gasteiger partial charge in [0.2, 0.25) is 0 Å². The van der Waals surface area contributed by atoms with Crippen LogP contribution in [0.2, 0.25) is 0 Å². The quantitative estimate of drug-likeness (QED) is 0.651. The van der Waals surface area contributed by atoms with Gasteiger partial charge in [0.15, 0.2) is 11.7 Å². The molecule has 3 N–H and O–H groups in total. The lowest BCUT2D eigenvalue weighted by molar-refractivity contribution is 0.485. The van der Waals surface area contributed by atoms with Crippen molar-refractivity contribution in [1.82, 2.24) is 0 Å². The third kappa shape index (κ3) is 3.74. The Morgan fingerprint density at radius 3 is 2.53 bits per heavy atom. The summed E-state index contributed by atoms with van der Waals surface area (Å²) in [5.74, 6) is 1.87. The van der Waals surface area contributed by atoms with Gasteiger partial charge in [-0.25, -0.2) is 0 Å². The zero-order valence-corrected chi connectivity index (χ0v) is 10.8. The summed E-state index contributed by atoms with van der Waals surface area (Å²) in [6.45, 7) is 2.57. The highest BCUT2D eigenvalue weighted by molar-refractivity contribution is 5.93. The van der Waals surface area contributed by atoms with Gasteiger partial charge in [-0.05, 0) is 31.2 Å². The minimum absolute atomic E-state index is 0.381. The van der Waals surface area contributed by atoms with Gasteiger partial charge >= 0.3 is 0 Å². The zero-order valence-electron chi connectivity index (χ0n) is 10.8. The van der Waals surface area contributed by atoms with Crippen LogP contribution in [0.15, 0.2) is 59.6 Å². The van der Waals surface area contributed by atoms with Crippen molar-refractivity contribution in [3.8, 4) is 11.5 Å². The standard InChI is InChI=1S/C15H17N3O/c1-2-17-15(16)18-13-10-6-7-11-14(13)19-12-8-4-3-5-9-12/h3-11H,2H2,1H3,(H3,16,17,18). The maximum absolute atomic E-state index is 5.82. The number of hydrogen-bond acceptors (Lipinski definition) is 2. The fraction of sp³-hybridized carbons (Fsp3) is 0.133. The Labute approximate surface area is 112 Å². The van der Waals surface area contributed by atoms with Crippen LogP contribution in [0.4, 0.5) is 5.69 Å². The van der Waals surface area contributed by atoms with Crippen LogP contribution in [0, 0.1) is 0 Å². The predicted molar refractivity (Wildman–Crippen MR) is 78.7 cm³/mol. The summed E-state index contributed by atoms with van der Waals surface area (Å²) in [6, 6.07) is 17.2. The number of hydrogen-bond donors (Lipinski definition) is 2. The van der Waals surface area contributed by atoms with E-state index in [1.807, 2.05) is 61.5 Å². The van der Waals surface area contributed by atoms with E-state index in [4.69, 9.17) is 10.5 Å². The molecule has 98 valence electrons. The van der Waals surface area contributed by atoms with E-state index in [0.717, 1.165) is 11.4 Å². The van der Waals surface area contributed by atoms with E-state index >= 15 is 0 Å². The maximum atomic E-state index is 5.82. The van der Waals surface area contributed by atoms with Crippen molar-refractivity contribution in [2.24, 2.45) is 10.7 Å². The van der Waals surface area contributed by atoms with E-state index in [2.05, 4.69) is 10.3 Å². The smallest absolute Gasteiger partial charge is 0.193 e. The highest BCUT2D eigenvalue weighted by Gasteiger charge is 2.04. The molecule has 0 unspecified atom stereocenters. The number of guanidine groups is 1. The average Bonchev–Trinajstić information content (AvgIpc) is 2.42. The molecule has 0 radical (unpaired) electrons. The molecule has 19 heavy (non-hydrogen) atoms. The molecule has 2 aromatic carbocycles. The largest absolute Gasteiger partial charge is 0.455 e. The Bertz CT molecular complexity index is 552. The number of anilines is 1. The second-order valence-corrected chi connectivity index (χ2v) is 3.90. The van der Waals surface area contributed by atoms with Gasteiger partial charge in [0.25, 0.3) is 0 Å². The van der Waals surface area contributed by atoms with Crippen LogP contribution in [-0.4, -0.2) is 12.5 Å². The Balaban J connectivity index is 2.19. The number of rotatable bonds is 4. The molecule has 0 aliphatic carbocycles. The van der Waals surface area contributed by atoms with Crippen molar-refractivity contribution in [3.05, 3.63) is 54.6 Å². The summed E-state index contributed by atoms with van der Waals surface area (Å²) >= 11 is 0. The molecule has 0 saturated heterocycles. The Kier molecular flexibility index (Phi) is 4.39. The van der Waals surface area contributed by atoms with E-state index in [0.29, 0.717) is 18.3 Å². The van der Waals surface area contributed by atoms with Crippen molar-refractivity contribution in [2.75, 3.05) is 11.9 Å². The Hall–Kier alpha value is -2.49. The fourth-order valence-electron chi connectivity index (χ4n) is 1.62. The molecule has 0 aliphatic rings. The first-order valence-corrected chi connectivity index (χ1v) is 6.18. The van der Waals surface area contributed by atoms with E-state index < -0.39 is 0 Å². The molecule has 4 nitrogen and oxygen atoms in total. The molecular weight excluding hydrogens is 238 g/mol. The third-order valence-electron chi connectivity index (χ3n) is 2.45. The van der Waals surface area contributed by atoms with Crippen molar-refractivity contribution >= 4 is 11.6 Å². The number of aliphatic imine (C=N–C) groups is 1. The van der Waals surface area contributed by atoms with Crippen LogP contribution >= 0.6 is 0 Å². The normalized spacial score (nSPS) is 11.1. The minimum Gasteiger partial charge on any atom is -0.455 e. The van der Waals surface area contributed by atoms with Crippen LogP contribution in [0.25, 0.3) is 0 Å². The Morgan fingerprint density at radius 2 is 1.79 bits per heavy atom. The molecular formula is C15H17N3O. The topological polar surface area (TPSA) is 59.6 Å². The first-order valence-electron chi connectivity index (χ1n) is 6.18. The van der Waals surface area contributed by atoms with Crippen LogP contribution in [-0.2, 0) is 0 Å². The molecule has 2 aromatic rings. The lowest BCUT2D eigenvalue weighted by Gasteiger charge is -2.12.